The fraction of sp³-hybridized carbons (Fsp3) is 0.786. The molecule has 1 heterocycles. The molecule has 21 heavy (non-hydrogen) atoms. The van der Waals surface area contributed by atoms with Crippen molar-refractivity contribution in [3.63, 3.8) is 0 Å². The molecule has 0 saturated heterocycles. The van der Waals surface area contributed by atoms with Gasteiger partial charge in [-0.2, -0.15) is 5.10 Å². The number of rotatable bonds is 7. The van der Waals surface area contributed by atoms with Crippen LogP contribution in [-0.2, 0) is 6.54 Å². The summed E-state index contributed by atoms with van der Waals surface area (Å²) in [7, 11) is 0. The molecule has 0 spiro atoms. The van der Waals surface area contributed by atoms with Crippen molar-refractivity contribution in [3.05, 3.63) is 22.5 Å². The third-order valence-electron chi connectivity index (χ3n) is 3.02. The van der Waals surface area contributed by atoms with Gasteiger partial charge in [0.2, 0.25) is 0 Å². The second-order valence-electron chi connectivity index (χ2n) is 7.33. The van der Waals surface area contributed by atoms with Crippen LogP contribution in [0.15, 0.2) is 12.4 Å². The first-order chi connectivity index (χ1) is 9.48. The Morgan fingerprint density at radius 2 is 2.05 bits per heavy atom. The van der Waals surface area contributed by atoms with E-state index in [1.807, 2.05) is 0 Å². The maximum absolute atomic E-state index is 10.6. The van der Waals surface area contributed by atoms with Gasteiger partial charge in [0, 0.05) is 12.1 Å². The van der Waals surface area contributed by atoms with Gasteiger partial charge in [0.25, 0.3) is 0 Å². The third kappa shape index (κ3) is 6.68. The summed E-state index contributed by atoms with van der Waals surface area (Å²) < 4.78 is 1.39. The van der Waals surface area contributed by atoms with Gasteiger partial charge in [0.1, 0.15) is 12.4 Å². The van der Waals surface area contributed by atoms with E-state index in [1.165, 1.54) is 17.1 Å². The maximum Gasteiger partial charge on any atom is 0.306 e. The van der Waals surface area contributed by atoms with Crippen LogP contribution < -0.4 is 5.32 Å². The summed E-state index contributed by atoms with van der Waals surface area (Å²) in [4.78, 5) is 10.1. The molecule has 0 saturated carbocycles. The highest BCUT2D eigenvalue weighted by Gasteiger charge is 2.25. The van der Waals surface area contributed by atoms with Crippen molar-refractivity contribution in [2.24, 2.45) is 5.41 Å². The number of aliphatic hydroxyl groups excluding tert-OH is 1. The van der Waals surface area contributed by atoms with Gasteiger partial charge in [-0.1, -0.05) is 20.8 Å². The fourth-order valence-electron chi connectivity index (χ4n) is 2.61. The summed E-state index contributed by atoms with van der Waals surface area (Å²) in [5.41, 5.74) is 0.0440. The average molecular weight is 298 g/mol. The van der Waals surface area contributed by atoms with Crippen LogP contribution in [0.1, 0.15) is 41.0 Å². The predicted molar refractivity (Wildman–Crippen MR) is 81.0 cm³/mol. The van der Waals surface area contributed by atoms with E-state index < -0.39 is 11.0 Å². The van der Waals surface area contributed by atoms with E-state index in [4.69, 9.17) is 0 Å². The zero-order valence-electron chi connectivity index (χ0n) is 13.5. The van der Waals surface area contributed by atoms with Gasteiger partial charge in [-0.15, -0.1) is 0 Å². The monoisotopic (exact) mass is 298 g/mol. The van der Waals surface area contributed by atoms with Crippen molar-refractivity contribution in [1.82, 2.24) is 15.1 Å². The molecule has 120 valence electrons. The van der Waals surface area contributed by atoms with Crippen molar-refractivity contribution >= 4 is 5.69 Å². The molecule has 1 atom stereocenters. The lowest BCUT2D eigenvalue weighted by molar-refractivity contribution is -0.385. The lowest BCUT2D eigenvalue weighted by Gasteiger charge is -2.34. The van der Waals surface area contributed by atoms with Crippen molar-refractivity contribution in [3.8, 4) is 0 Å². The minimum absolute atomic E-state index is 0.0665. The van der Waals surface area contributed by atoms with E-state index in [0.29, 0.717) is 6.54 Å². The Kier molecular flexibility index (Phi) is 5.47. The number of aliphatic hydroxyl groups is 1. The first kappa shape index (κ1) is 17.6. The molecule has 7 heteroatoms. The largest absolute Gasteiger partial charge is 0.390 e. The molecule has 0 fully saturated rings. The van der Waals surface area contributed by atoms with Crippen LogP contribution in [0.25, 0.3) is 0 Å². The van der Waals surface area contributed by atoms with E-state index in [2.05, 4.69) is 45.0 Å². The SMILES string of the molecule is CC(C)(C)CC(C)(C)NCC(O)Cn1cc([N+](=O)[O-])cn1. The lowest BCUT2D eigenvalue weighted by Crippen LogP contribution is -2.46. The van der Waals surface area contributed by atoms with Crippen LogP contribution in [0.3, 0.4) is 0 Å². The fourth-order valence-corrected chi connectivity index (χ4v) is 2.61. The summed E-state index contributed by atoms with van der Waals surface area (Å²) in [5, 5.41) is 27.8. The molecule has 0 aliphatic heterocycles. The first-order valence-corrected chi connectivity index (χ1v) is 7.08. The molecular weight excluding hydrogens is 272 g/mol. The van der Waals surface area contributed by atoms with Gasteiger partial charge >= 0.3 is 5.69 Å². The van der Waals surface area contributed by atoms with Gasteiger partial charge in [-0.05, 0) is 25.7 Å². The number of nitrogens with zero attached hydrogens (tertiary/aromatic N) is 3. The van der Waals surface area contributed by atoms with Crippen molar-refractivity contribution in [2.45, 2.75) is 59.2 Å². The molecule has 7 nitrogen and oxygen atoms in total. The average Bonchev–Trinajstić information content (AvgIpc) is 2.72. The molecule has 1 aromatic rings. The number of β-amino-alcohol motifs (C(OH)–C–C–N with tert-alkyl or cyclic N) is 1. The molecule has 0 aromatic carbocycles. The Balaban J connectivity index is 2.46. The Morgan fingerprint density at radius 3 is 2.52 bits per heavy atom. The smallest absolute Gasteiger partial charge is 0.306 e. The van der Waals surface area contributed by atoms with Crippen LogP contribution in [0.5, 0.6) is 0 Å². The van der Waals surface area contributed by atoms with E-state index in [-0.39, 0.29) is 23.2 Å². The number of hydrogen-bond acceptors (Lipinski definition) is 5. The van der Waals surface area contributed by atoms with Gasteiger partial charge in [0.15, 0.2) is 0 Å². The third-order valence-corrected chi connectivity index (χ3v) is 3.02. The van der Waals surface area contributed by atoms with E-state index in [1.54, 1.807) is 0 Å². The second-order valence-corrected chi connectivity index (χ2v) is 7.33. The van der Waals surface area contributed by atoms with Gasteiger partial charge < -0.3 is 10.4 Å². The Labute approximate surface area is 125 Å². The second kappa shape index (κ2) is 6.53. The molecule has 0 amide bonds. The van der Waals surface area contributed by atoms with Crippen molar-refractivity contribution in [1.29, 1.82) is 0 Å². The molecule has 0 bridgehead atoms. The zero-order valence-corrected chi connectivity index (χ0v) is 13.5. The number of nitrogens with one attached hydrogen (secondary N) is 1. The summed E-state index contributed by atoms with van der Waals surface area (Å²) in [6, 6.07) is 0. The summed E-state index contributed by atoms with van der Waals surface area (Å²) >= 11 is 0. The molecule has 1 unspecified atom stereocenters. The van der Waals surface area contributed by atoms with Crippen LogP contribution >= 0.6 is 0 Å². The normalized spacial score (nSPS) is 14.2. The summed E-state index contributed by atoms with van der Waals surface area (Å²) in [5.74, 6) is 0. The van der Waals surface area contributed by atoms with Crippen molar-refractivity contribution < 1.29 is 10.0 Å². The first-order valence-electron chi connectivity index (χ1n) is 7.08. The minimum atomic E-state index is -0.649. The highest BCUT2D eigenvalue weighted by atomic mass is 16.6. The van der Waals surface area contributed by atoms with Crippen LogP contribution in [0.2, 0.25) is 0 Å². The quantitative estimate of drug-likeness (QED) is 0.593. The number of nitro groups is 1. The Bertz CT molecular complexity index is 477. The molecular formula is C14H26N4O3. The summed E-state index contributed by atoms with van der Waals surface area (Å²) in [6.45, 7) is 11.4. The van der Waals surface area contributed by atoms with Gasteiger partial charge in [-0.3, -0.25) is 14.8 Å². The molecule has 1 aromatic heterocycles. The van der Waals surface area contributed by atoms with E-state index in [0.717, 1.165) is 6.42 Å². The molecule has 0 aliphatic carbocycles. The molecule has 0 aliphatic rings. The van der Waals surface area contributed by atoms with E-state index >= 15 is 0 Å². The van der Waals surface area contributed by atoms with Crippen LogP contribution in [-0.4, -0.2) is 38.0 Å². The predicted octanol–water partition coefficient (Wildman–Crippen LogP) is 1.96. The van der Waals surface area contributed by atoms with Crippen molar-refractivity contribution in [2.75, 3.05) is 6.54 Å². The molecule has 1 rings (SSSR count). The standard InChI is InChI=1S/C14H26N4O3/c1-13(2,3)10-14(4,5)15-7-12(19)9-17-8-11(6-16-17)18(20)21/h6,8,12,15,19H,7,9-10H2,1-5H3. The lowest BCUT2D eigenvalue weighted by atomic mass is 9.82. The van der Waals surface area contributed by atoms with Crippen LogP contribution in [0.4, 0.5) is 5.69 Å². The Morgan fingerprint density at radius 1 is 1.43 bits per heavy atom. The summed E-state index contributed by atoms with van der Waals surface area (Å²) in [6.07, 6.45) is 2.83. The number of hydrogen-bond donors (Lipinski definition) is 2. The highest BCUT2D eigenvalue weighted by Crippen LogP contribution is 2.26. The Hall–Kier alpha value is -1.47. The zero-order chi connectivity index (χ0) is 16.3. The molecule has 2 N–H and O–H groups in total. The van der Waals surface area contributed by atoms with Gasteiger partial charge in [-0.25, -0.2) is 0 Å². The highest BCUT2D eigenvalue weighted by molar-refractivity contribution is 5.20. The minimum Gasteiger partial charge on any atom is -0.390 e. The van der Waals surface area contributed by atoms with E-state index in [9.17, 15) is 15.2 Å². The van der Waals surface area contributed by atoms with Crippen LogP contribution in [0, 0.1) is 15.5 Å². The number of aromatic nitrogens is 2. The topological polar surface area (TPSA) is 93.2 Å². The molecule has 0 radical (unpaired) electrons. The van der Waals surface area contributed by atoms with Gasteiger partial charge in [0.05, 0.1) is 17.6 Å². The maximum atomic E-state index is 10.6.